The van der Waals surface area contributed by atoms with E-state index >= 15 is 0 Å². The maximum atomic E-state index is 11.7. The van der Waals surface area contributed by atoms with Crippen LogP contribution >= 0.6 is 0 Å². The largest absolute Gasteiger partial charge is 0.364 e. The molecular weight excluding hydrogens is 131 g/mol. The molecule has 10 heavy (non-hydrogen) atoms. The zero-order chi connectivity index (χ0) is 7.40. The number of aromatic amines is 1. The number of aromatic nitrogens is 1. The number of nitrogens with two attached hydrogens (primary N) is 1. The van der Waals surface area contributed by atoms with Crippen molar-refractivity contribution in [3.05, 3.63) is 24.0 Å². The van der Waals surface area contributed by atoms with Crippen LogP contribution < -0.4 is 5.73 Å². The summed E-state index contributed by atoms with van der Waals surface area (Å²) in [7, 11) is 0. The van der Waals surface area contributed by atoms with Crippen LogP contribution in [0, 0.1) is 0 Å². The average Bonchev–Trinajstić information content (AvgIpc) is 2.38. The fraction of sp³-hybridized carbons (Fsp3) is 0.429. The summed E-state index contributed by atoms with van der Waals surface area (Å²) in [6, 6.07) is 3.54. The van der Waals surface area contributed by atoms with Crippen molar-refractivity contribution in [2.45, 2.75) is 12.5 Å². The first-order valence-electron chi connectivity index (χ1n) is 3.29. The van der Waals surface area contributed by atoms with E-state index in [1.807, 2.05) is 12.1 Å². The molecule has 3 N–H and O–H groups in total. The lowest BCUT2D eigenvalue weighted by Crippen LogP contribution is -2.10. The predicted molar refractivity (Wildman–Crippen MR) is 38.3 cm³/mol. The van der Waals surface area contributed by atoms with Crippen molar-refractivity contribution in [2.75, 3.05) is 6.67 Å². The first kappa shape index (κ1) is 7.28. The van der Waals surface area contributed by atoms with Crippen molar-refractivity contribution in [1.29, 1.82) is 0 Å². The second-order valence-corrected chi connectivity index (χ2v) is 2.21. The van der Waals surface area contributed by atoms with Gasteiger partial charge in [0.1, 0.15) is 0 Å². The van der Waals surface area contributed by atoms with Crippen molar-refractivity contribution in [1.82, 2.24) is 4.98 Å². The number of alkyl halides is 1. The Hall–Kier alpha value is -0.830. The molecule has 1 rings (SSSR count). The van der Waals surface area contributed by atoms with Crippen LogP contribution in [-0.4, -0.2) is 11.7 Å². The van der Waals surface area contributed by atoms with Gasteiger partial charge in [0.05, 0.1) is 6.67 Å². The number of hydrogen-bond donors (Lipinski definition) is 2. The number of H-pyrrole nitrogens is 1. The molecule has 1 atom stereocenters. The molecule has 3 heteroatoms. The molecule has 0 aliphatic heterocycles. The predicted octanol–water partition coefficient (Wildman–Crippen LogP) is 1.37. The molecule has 1 aromatic heterocycles. The maximum Gasteiger partial charge on any atom is 0.0913 e. The van der Waals surface area contributed by atoms with Gasteiger partial charge in [-0.05, 0) is 18.6 Å². The molecule has 1 aromatic rings. The van der Waals surface area contributed by atoms with Crippen LogP contribution in [0.3, 0.4) is 0 Å². The van der Waals surface area contributed by atoms with Crippen LogP contribution in [0.2, 0.25) is 0 Å². The van der Waals surface area contributed by atoms with Gasteiger partial charge in [0, 0.05) is 17.9 Å². The lowest BCUT2D eigenvalue weighted by Gasteiger charge is -2.05. The van der Waals surface area contributed by atoms with Crippen molar-refractivity contribution in [2.24, 2.45) is 5.73 Å². The normalized spacial score (nSPS) is 13.4. The highest BCUT2D eigenvalue weighted by molar-refractivity contribution is 5.07. The number of nitrogens with one attached hydrogen (secondary N) is 1. The van der Waals surface area contributed by atoms with Crippen molar-refractivity contribution < 1.29 is 4.39 Å². The average molecular weight is 142 g/mol. The molecular formula is C7H11FN2. The van der Waals surface area contributed by atoms with Gasteiger partial charge in [-0.1, -0.05) is 0 Å². The summed E-state index contributed by atoms with van der Waals surface area (Å²) < 4.78 is 11.7. The van der Waals surface area contributed by atoms with Crippen LogP contribution in [0.15, 0.2) is 18.3 Å². The quantitative estimate of drug-likeness (QED) is 0.657. The van der Waals surface area contributed by atoms with Gasteiger partial charge in [-0.25, -0.2) is 0 Å². The summed E-state index contributed by atoms with van der Waals surface area (Å²) in [4.78, 5) is 2.93. The van der Waals surface area contributed by atoms with Crippen LogP contribution in [0.1, 0.15) is 18.2 Å². The SMILES string of the molecule is N[C@@H](CCF)c1ccc[nH]1. The molecule has 2 nitrogen and oxygen atoms in total. The van der Waals surface area contributed by atoms with Crippen LogP contribution in [0.5, 0.6) is 0 Å². The maximum absolute atomic E-state index is 11.7. The Labute approximate surface area is 59.2 Å². The standard InChI is InChI=1S/C7H11FN2/c8-4-3-6(9)7-2-1-5-10-7/h1-2,5-6,10H,3-4,9H2/t6-/m0/s1. The van der Waals surface area contributed by atoms with Crippen LogP contribution in [0.4, 0.5) is 4.39 Å². The van der Waals surface area contributed by atoms with E-state index in [0.717, 1.165) is 5.69 Å². The highest BCUT2D eigenvalue weighted by Crippen LogP contribution is 2.10. The highest BCUT2D eigenvalue weighted by Gasteiger charge is 2.04. The summed E-state index contributed by atoms with van der Waals surface area (Å²) in [5, 5.41) is 0. The van der Waals surface area contributed by atoms with Gasteiger partial charge in [0.25, 0.3) is 0 Å². The molecule has 0 aliphatic carbocycles. The molecule has 0 spiro atoms. The molecule has 1 heterocycles. The molecule has 0 aromatic carbocycles. The molecule has 0 saturated heterocycles. The molecule has 0 unspecified atom stereocenters. The zero-order valence-corrected chi connectivity index (χ0v) is 5.68. The smallest absolute Gasteiger partial charge is 0.0913 e. The van der Waals surface area contributed by atoms with E-state index in [-0.39, 0.29) is 12.7 Å². The fourth-order valence-electron chi connectivity index (χ4n) is 0.848. The van der Waals surface area contributed by atoms with Gasteiger partial charge in [-0.3, -0.25) is 4.39 Å². The molecule has 0 radical (unpaired) electrons. The first-order valence-corrected chi connectivity index (χ1v) is 3.29. The van der Waals surface area contributed by atoms with Crippen LogP contribution in [0.25, 0.3) is 0 Å². The third kappa shape index (κ3) is 1.57. The third-order valence-electron chi connectivity index (χ3n) is 1.44. The van der Waals surface area contributed by atoms with Crippen molar-refractivity contribution in [3.8, 4) is 0 Å². The minimum absolute atomic E-state index is 0.181. The lowest BCUT2D eigenvalue weighted by atomic mass is 10.2. The van der Waals surface area contributed by atoms with Gasteiger partial charge in [-0.2, -0.15) is 0 Å². The second kappa shape index (κ2) is 3.37. The van der Waals surface area contributed by atoms with Crippen LogP contribution in [-0.2, 0) is 0 Å². The summed E-state index contributed by atoms with van der Waals surface area (Å²) >= 11 is 0. The Kier molecular flexibility index (Phi) is 2.45. The summed E-state index contributed by atoms with van der Waals surface area (Å²) in [6.07, 6.45) is 2.17. The zero-order valence-electron chi connectivity index (χ0n) is 5.68. The Balaban J connectivity index is 2.50. The van der Waals surface area contributed by atoms with Crippen molar-refractivity contribution >= 4 is 0 Å². The summed E-state index contributed by atoms with van der Waals surface area (Å²) in [5.41, 5.74) is 6.48. The van der Waals surface area contributed by atoms with Gasteiger partial charge >= 0.3 is 0 Å². The minimum atomic E-state index is -0.361. The molecule has 0 aliphatic rings. The monoisotopic (exact) mass is 142 g/mol. The molecule has 0 bridgehead atoms. The van der Waals surface area contributed by atoms with E-state index in [1.54, 1.807) is 6.20 Å². The van der Waals surface area contributed by atoms with E-state index < -0.39 is 0 Å². The summed E-state index contributed by atoms with van der Waals surface area (Å²) in [5.74, 6) is 0. The Morgan fingerprint density at radius 3 is 3.00 bits per heavy atom. The second-order valence-electron chi connectivity index (χ2n) is 2.21. The Bertz CT molecular complexity index is 172. The van der Waals surface area contributed by atoms with E-state index in [1.165, 1.54) is 0 Å². The van der Waals surface area contributed by atoms with E-state index in [0.29, 0.717) is 6.42 Å². The Morgan fingerprint density at radius 1 is 1.70 bits per heavy atom. The number of hydrogen-bond acceptors (Lipinski definition) is 1. The summed E-state index contributed by atoms with van der Waals surface area (Å²) in [6.45, 7) is -0.361. The van der Waals surface area contributed by atoms with Gasteiger partial charge in [0.2, 0.25) is 0 Å². The van der Waals surface area contributed by atoms with E-state index in [9.17, 15) is 4.39 Å². The fourth-order valence-corrected chi connectivity index (χ4v) is 0.848. The number of halogens is 1. The lowest BCUT2D eigenvalue weighted by molar-refractivity contribution is 0.439. The first-order chi connectivity index (χ1) is 4.84. The minimum Gasteiger partial charge on any atom is -0.364 e. The molecule has 56 valence electrons. The highest BCUT2D eigenvalue weighted by atomic mass is 19.1. The van der Waals surface area contributed by atoms with Gasteiger partial charge in [0.15, 0.2) is 0 Å². The van der Waals surface area contributed by atoms with Gasteiger partial charge < -0.3 is 10.7 Å². The van der Waals surface area contributed by atoms with Crippen molar-refractivity contribution in [3.63, 3.8) is 0 Å². The molecule has 0 saturated carbocycles. The third-order valence-corrected chi connectivity index (χ3v) is 1.44. The Morgan fingerprint density at radius 2 is 2.50 bits per heavy atom. The van der Waals surface area contributed by atoms with E-state index in [2.05, 4.69) is 4.98 Å². The van der Waals surface area contributed by atoms with Gasteiger partial charge in [-0.15, -0.1) is 0 Å². The van der Waals surface area contributed by atoms with E-state index in [4.69, 9.17) is 5.73 Å². The topological polar surface area (TPSA) is 41.8 Å². The molecule has 0 amide bonds. The molecule has 0 fully saturated rings. The number of rotatable bonds is 3.